The molecule has 0 saturated heterocycles. The van der Waals surface area contributed by atoms with Gasteiger partial charge in [0.05, 0.1) is 12.1 Å². The van der Waals surface area contributed by atoms with Crippen molar-refractivity contribution in [3.8, 4) is 0 Å². The molecule has 2 rings (SSSR count). The van der Waals surface area contributed by atoms with E-state index in [1.807, 2.05) is 6.92 Å². The predicted molar refractivity (Wildman–Crippen MR) is 95.8 cm³/mol. The first kappa shape index (κ1) is 18.4. The van der Waals surface area contributed by atoms with E-state index in [2.05, 4.69) is 25.9 Å². The number of aromatic nitrogens is 1. The number of nitrogens with one attached hydrogen (secondary N) is 3. The molecule has 6 nitrogen and oxygen atoms in total. The number of carbonyl (C=O) groups is 1. The second kappa shape index (κ2) is 10.0. The van der Waals surface area contributed by atoms with Gasteiger partial charge in [0.2, 0.25) is 0 Å². The summed E-state index contributed by atoms with van der Waals surface area (Å²) in [6.45, 7) is 4.12. The number of rotatable bonds is 7. The van der Waals surface area contributed by atoms with Crippen LogP contribution in [0.2, 0.25) is 0 Å². The van der Waals surface area contributed by atoms with Crippen LogP contribution in [-0.2, 0) is 6.54 Å². The molecule has 1 heterocycles. The molecule has 0 aliphatic carbocycles. The van der Waals surface area contributed by atoms with Crippen molar-refractivity contribution in [2.24, 2.45) is 4.99 Å². The Balaban J connectivity index is 1.78. The lowest BCUT2D eigenvalue weighted by atomic mass is 10.2. The lowest BCUT2D eigenvalue weighted by molar-refractivity contribution is 0.0954. The Morgan fingerprint density at radius 2 is 1.88 bits per heavy atom. The van der Waals surface area contributed by atoms with Crippen molar-refractivity contribution < 1.29 is 9.18 Å². The van der Waals surface area contributed by atoms with Crippen molar-refractivity contribution >= 4 is 11.9 Å². The largest absolute Gasteiger partial charge is 0.357 e. The zero-order chi connectivity index (χ0) is 17.9. The fraction of sp³-hybridized carbons (Fsp3) is 0.278. The molecule has 3 N–H and O–H groups in total. The average Bonchev–Trinajstić information content (AvgIpc) is 2.65. The van der Waals surface area contributed by atoms with Crippen LogP contribution in [0.25, 0.3) is 0 Å². The summed E-state index contributed by atoms with van der Waals surface area (Å²) in [7, 11) is 0. The highest BCUT2D eigenvalue weighted by Gasteiger charge is 2.04. The first-order valence-electron chi connectivity index (χ1n) is 8.14. The van der Waals surface area contributed by atoms with E-state index in [4.69, 9.17) is 0 Å². The molecule has 1 amide bonds. The molecule has 0 bridgehead atoms. The van der Waals surface area contributed by atoms with E-state index in [1.165, 1.54) is 18.3 Å². The second-order valence-electron chi connectivity index (χ2n) is 5.25. The number of hydrogen-bond donors (Lipinski definition) is 3. The smallest absolute Gasteiger partial charge is 0.252 e. The zero-order valence-corrected chi connectivity index (χ0v) is 14.1. The van der Waals surface area contributed by atoms with Crippen molar-refractivity contribution in [1.29, 1.82) is 0 Å². The third-order valence-electron chi connectivity index (χ3n) is 3.30. The van der Waals surface area contributed by atoms with Gasteiger partial charge >= 0.3 is 0 Å². The molecule has 7 heteroatoms. The molecular formula is C18H22FN5O. The van der Waals surface area contributed by atoms with Gasteiger partial charge in [-0.25, -0.2) is 9.38 Å². The number of halogens is 1. The molecule has 0 spiro atoms. The van der Waals surface area contributed by atoms with E-state index < -0.39 is 0 Å². The van der Waals surface area contributed by atoms with E-state index in [-0.39, 0.29) is 11.7 Å². The molecule has 0 saturated carbocycles. The van der Waals surface area contributed by atoms with Crippen molar-refractivity contribution in [1.82, 2.24) is 20.9 Å². The van der Waals surface area contributed by atoms with E-state index in [9.17, 15) is 9.18 Å². The van der Waals surface area contributed by atoms with Crippen LogP contribution in [0.3, 0.4) is 0 Å². The third-order valence-corrected chi connectivity index (χ3v) is 3.30. The van der Waals surface area contributed by atoms with Crippen molar-refractivity contribution in [3.63, 3.8) is 0 Å². The van der Waals surface area contributed by atoms with Gasteiger partial charge in [0.25, 0.3) is 5.91 Å². The minimum Gasteiger partial charge on any atom is -0.357 e. The standard InChI is InChI=1S/C18H22FN5O/c1-2-21-18(24-12-14-5-7-16(19)8-6-14)23-11-10-22-17(25)15-4-3-9-20-13-15/h3-9,13H,2,10-12H2,1H3,(H,22,25)(H2,21,23,24). The Morgan fingerprint density at radius 3 is 2.56 bits per heavy atom. The highest BCUT2D eigenvalue weighted by atomic mass is 19.1. The maximum atomic E-state index is 12.9. The van der Waals surface area contributed by atoms with Crippen LogP contribution in [0.5, 0.6) is 0 Å². The number of hydrogen-bond acceptors (Lipinski definition) is 3. The summed E-state index contributed by atoms with van der Waals surface area (Å²) in [6.07, 6.45) is 3.15. The van der Waals surface area contributed by atoms with Crippen LogP contribution in [0.15, 0.2) is 53.8 Å². The summed E-state index contributed by atoms with van der Waals surface area (Å²) < 4.78 is 12.9. The molecule has 0 unspecified atom stereocenters. The van der Waals surface area contributed by atoms with Gasteiger partial charge in [0, 0.05) is 32.0 Å². The maximum Gasteiger partial charge on any atom is 0.252 e. The molecule has 2 aromatic rings. The molecule has 1 aromatic heterocycles. The highest BCUT2D eigenvalue weighted by Crippen LogP contribution is 2.03. The molecular weight excluding hydrogens is 321 g/mol. The molecule has 25 heavy (non-hydrogen) atoms. The predicted octanol–water partition coefficient (Wildman–Crippen LogP) is 1.71. The van der Waals surface area contributed by atoms with E-state index >= 15 is 0 Å². The average molecular weight is 343 g/mol. The monoisotopic (exact) mass is 343 g/mol. The lowest BCUT2D eigenvalue weighted by Gasteiger charge is -2.12. The summed E-state index contributed by atoms with van der Waals surface area (Å²) >= 11 is 0. The van der Waals surface area contributed by atoms with Gasteiger partial charge in [-0.2, -0.15) is 0 Å². The van der Waals surface area contributed by atoms with E-state index in [1.54, 1.807) is 30.5 Å². The van der Waals surface area contributed by atoms with Crippen LogP contribution >= 0.6 is 0 Å². The SMILES string of the molecule is CCNC(=NCc1ccc(F)cc1)NCCNC(=O)c1cccnc1. The van der Waals surface area contributed by atoms with Crippen LogP contribution in [0.1, 0.15) is 22.8 Å². The van der Waals surface area contributed by atoms with Gasteiger partial charge in [-0.1, -0.05) is 12.1 Å². The number of guanidine groups is 1. The Hall–Kier alpha value is -2.96. The molecule has 0 radical (unpaired) electrons. The Labute approximate surface area is 146 Å². The lowest BCUT2D eigenvalue weighted by Crippen LogP contribution is -2.41. The summed E-state index contributed by atoms with van der Waals surface area (Å²) in [5.41, 5.74) is 1.45. The minimum absolute atomic E-state index is 0.164. The Morgan fingerprint density at radius 1 is 1.12 bits per heavy atom. The number of pyridine rings is 1. The summed E-state index contributed by atoms with van der Waals surface area (Å²) in [5, 5.41) is 9.08. The van der Waals surface area contributed by atoms with Crippen LogP contribution in [0, 0.1) is 5.82 Å². The quantitative estimate of drug-likeness (QED) is 0.406. The third kappa shape index (κ3) is 6.58. The van der Waals surface area contributed by atoms with Gasteiger partial charge < -0.3 is 16.0 Å². The highest BCUT2D eigenvalue weighted by molar-refractivity contribution is 5.93. The van der Waals surface area contributed by atoms with Gasteiger partial charge in [-0.3, -0.25) is 9.78 Å². The van der Waals surface area contributed by atoms with Crippen LogP contribution in [0.4, 0.5) is 4.39 Å². The first-order valence-corrected chi connectivity index (χ1v) is 8.14. The normalized spacial score (nSPS) is 11.0. The van der Waals surface area contributed by atoms with E-state index in [0.717, 1.165) is 12.1 Å². The number of aliphatic imine (C=N–C) groups is 1. The summed E-state index contributed by atoms with van der Waals surface area (Å²) in [5.74, 6) is 0.215. The molecule has 0 atom stereocenters. The number of amides is 1. The fourth-order valence-electron chi connectivity index (χ4n) is 2.06. The van der Waals surface area contributed by atoms with Gasteiger partial charge in [0.15, 0.2) is 5.96 Å². The zero-order valence-electron chi connectivity index (χ0n) is 14.1. The van der Waals surface area contributed by atoms with E-state index in [0.29, 0.717) is 31.2 Å². The second-order valence-corrected chi connectivity index (χ2v) is 5.25. The molecule has 0 fully saturated rings. The minimum atomic E-state index is -0.262. The molecule has 132 valence electrons. The van der Waals surface area contributed by atoms with Crippen LogP contribution < -0.4 is 16.0 Å². The van der Waals surface area contributed by atoms with Gasteiger partial charge in [-0.05, 0) is 36.8 Å². The van der Waals surface area contributed by atoms with Crippen molar-refractivity contribution in [3.05, 3.63) is 65.7 Å². The van der Waals surface area contributed by atoms with Crippen LogP contribution in [-0.4, -0.2) is 36.5 Å². The molecule has 0 aliphatic rings. The topological polar surface area (TPSA) is 78.4 Å². The van der Waals surface area contributed by atoms with Gasteiger partial charge in [0.1, 0.15) is 5.82 Å². The summed E-state index contributed by atoms with van der Waals surface area (Å²) in [6, 6.07) is 9.67. The number of carbonyl (C=O) groups excluding carboxylic acids is 1. The summed E-state index contributed by atoms with van der Waals surface area (Å²) in [4.78, 5) is 20.3. The number of benzene rings is 1. The Kier molecular flexibility index (Phi) is 7.37. The van der Waals surface area contributed by atoms with Gasteiger partial charge in [-0.15, -0.1) is 0 Å². The molecule has 1 aromatic carbocycles. The fourth-order valence-corrected chi connectivity index (χ4v) is 2.06. The first-order chi connectivity index (χ1) is 12.2. The van der Waals surface area contributed by atoms with Crippen molar-refractivity contribution in [2.45, 2.75) is 13.5 Å². The number of nitrogens with zero attached hydrogens (tertiary/aromatic N) is 2. The van der Waals surface area contributed by atoms with Crippen molar-refractivity contribution in [2.75, 3.05) is 19.6 Å². The maximum absolute atomic E-state index is 12.9. The Bertz CT molecular complexity index is 688. The molecule has 0 aliphatic heterocycles.